The Hall–Kier alpha value is -4.46. The number of phenols is 1. The van der Waals surface area contributed by atoms with Gasteiger partial charge in [0.25, 0.3) is 0 Å². The van der Waals surface area contributed by atoms with Crippen molar-refractivity contribution >= 4 is 11.8 Å². The van der Waals surface area contributed by atoms with Crippen LogP contribution in [0.15, 0.2) is 84.9 Å². The van der Waals surface area contributed by atoms with Crippen LogP contribution in [0, 0.1) is 0 Å². The van der Waals surface area contributed by atoms with Gasteiger partial charge in [0, 0.05) is 5.56 Å². The molecule has 2 amide bonds. The van der Waals surface area contributed by atoms with Crippen molar-refractivity contribution in [2.45, 2.75) is 6.42 Å². The van der Waals surface area contributed by atoms with E-state index in [9.17, 15) is 14.7 Å². The summed E-state index contributed by atoms with van der Waals surface area (Å²) in [6, 6.07) is 25.0. The lowest BCUT2D eigenvalue weighted by molar-refractivity contribution is -0.121. The monoisotopic (exact) mass is 413 g/mol. The predicted octanol–water partition coefficient (Wildman–Crippen LogP) is 2.64. The van der Waals surface area contributed by atoms with Crippen LogP contribution in [0.5, 0.6) is 5.75 Å². The molecule has 1 aromatic heterocycles. The molecule has 4 rings (SSSR count). The molecule has 0 fully saturated rings. The van der Waals surface area contributed by atoms with Gasteiger partial charge in [0.05, 0.1) is 12.1 Å². The third kappa shape index (κ3) is 4.76. The topological polar surface area (TPSA) is 109 Å². The number of hydrazine groups is 1. The molecule has 0 aliphatic rings. The summed E-state index contributed by atoms with van der Waals surface area (Å²) in [6.07, 6.45) is 0.0434. The number of carbonyl (C=O) groups excluding carboxylic acids is 2. The maximum atomic E-state index is 12.6. The molecule has 3 N–H and O–H groups in total. The average molecular weight is 413 g/mol. The van der Waals surface area contributed by atoms with Gasteiger partial charge >= 0.3 is 5.91 Å². The highest BCUT2D eigenvalue weighted by Gasteiger charge is 2.19. The summed E-state index contributed by atoms with van der Waals surface area (Å²) in [7, 11) is 0. The second-order valence-electron chi connectivity index (χ2n) is 6.72. The summed E-state index contributed by atoms with van der Waals surface area (Å²) >= 11 is 0. The first kappa shape index (κ1) is 19.8. The van der Waals surface area contributed by atoms with E-state index in [1.54, 1.807) is 16.8 Å². The molecule has 0 saturated carbocycles. The van der Waals surface area contributed by atoms with Gasteiger partial charge in [-0.2, -0.15) is 0 Å². The van der Waals surface area contributed by atoms with E-state index in [1.807, 2.05) is 60.7 Å². The summed E-state index contributed by atoms with van der Waals surface area (Å²) in [5.74, 6) is -0.498. The molecule has 154 valence electrons. The lowest BCUT2D eigenvalue weighted by Gasteiger charge is -2.06. The SMILES string of the molecule is O=C(Cc1ccc(O)cc1)NNC(=O)c1nc(-c2ccccc2)n(-c2ccccc2)n1. The second-order valence-corrected chi connectivity index (χ2v) is 6.72. The number of rotatable bonds is 5. The van der Waals surface area contributed by atoms with Crippen molar-refractivity contribution in [1.82, 2.24) is 25.6 Å². The molecule has 0 aliphatic carbocycles. The molecule has 0 spiro atoms. The van der Waals surface area contributed by atoms with Crippen molar-refractivity contribution in [1.29, 1.82) is 0 Å². The lowest BCUT2D eigenvalue weighted by Crippen LogP contribution is -2.42. The Kier molecular flexibility index (Phi) is 5.70. The minimum Gasteiger partial charge on any atom is -0.508 e. The zero-order valence-corrected chi connectivity index (χ0v) is 16.4. The van der Waals surface area contributed by atoms with Crippen molar-refractivity contribution in [3.63, 3.8) is 0 Å². The Bertz CT molecular complexity index is 1130. The average Bonchev–Trinajstić information content (AvgIpc) is 3.26. The van der Waals surface area contributed by atoms with Crippen molar-refractivity contribution < 1.29 is 14.7 Å². The van der Waals surface area contributed by atoms with Gasteiger partial charge in [0.15, 0.2) is 5.82 Å². The fraction of sp³-hybridized carbons (Fsp3) is 0.0435. The summed E-state index contributed by atoms with van der Waals surface area (Å²) in [5.41, 5.74) is 6.96. The number of nitrogens with one attached hydrogen (secondary N) is 2. The van der Waals surface area contributed by atoms with Gasteiger partial charge < -0.3 is 5.11 Å². The number of aromatic nitrogens is 3. The van der Waals surface area contributed by atoms with Crippen LogP contribution in [-0.4, -0.2) is 31.7 Å². The maximum absolute atomic E-state index is 12.6. The Morgan fingerprint density at radius 3 is 2.16 bits per heavy atom. The number of nitrogens with zero attached hydrogens (tertiary/aromatic N) is 3. The van der Waals surface area contributed by atoms with Crippen LogP contribution >= 0.6 is 0 Å². The van der Waals surface area contributed by atoms with E-state index in [0.717, 1.165) is 11.3 Å². The molecule has 1 heterocycles. The third-order valence-electron chi connectivity index (χ3n) is 4.46. The van der Waals surface area contributed by atoms with Crippen LogP contribution in [0.1, 0.15) is 16.2 Å². The van der Waals surface area contributed by atoms with Gasteiger partial charge in [-0.05, 0) is 29.8 Å². The zero-order valence-electron chi connectivity index (χ0n) is 16.4. The summed E-state index contributed by atoms with van der Waals surface area (Å²) in [5, 5.41) is 13.7. The molecule has 4 aromatic rings. The number of phenolic OH excluding ortho intramolecular Hbond substituents is 1. The van der Waals surface area contributed by atoms with Gasteiger partial charge in [-0.25, -0.2) is 9.67 Å². The Balaban J connectivity index is 1.51. The number of hydrogen-bond donors (Lipinski definition) is 3. The number of hydrogen-bond acceptors (Lipinski definition) is 5. The lowest BCUT2D eigenvalue weighted by atomic mass is 10.1. The highest BCUT2D eigenvalue weighted by molar-refractivity contribution is 5.92. The van der Waals surface area contributed by atoms with Crippen LogP contribution < -0.4 is 10.9 Å². The molecule has 0 aliphatic heterocycles. The van der Waals surface area contributed by atoms with E-state index >= 15 is 0 Å². The molecule has 0 radical (unpaired) electrons. The molecule has 3 aromatic carbocycles. The first-order chi connectivity index (χ1) is 15.1. The predicted molar refractivity (Wildman–Crippen MR) is 114 cm³/mol. The highest BCUT2D eigenvalue weighted by Crippen LogP contribution is 2.20. The summed E-state index contributed by atoms with van der Waals surface area (Å²) < 4.78 is 1.59. The van der Waals surface area contributed by atoms with Gasteiger partial charge in [-0.15, -0.1) is 5.10 Å². The molecule has 8 heteroatoms. The maximum Gasteiger partial charge on any atom is 0.309 e. The van der Waals surface area contributed by atoms with Crippen LogP contribution in [0.4, 0.5) is 0 Å². The summed E-state index contributed by atoms with van der Waals surface area (Å²) in [6.45, 7) is 0. The van der Waals surface area contributed by atoms with Gasteiger partial charge in [-0.3, -0.25) is 20.4 Å². The third-order valence-corrected chi connectivity index (χ3v) is 4.46. The minimum absolute atomic E-state index is 0.0434. The van der Waals surface area contributed by atoms with E-state index in [2.05, 4.69) is 20.9 Å². The van der Waals surface area contributed by atoms with Gasteiger partial charge in [0.2, 0.25) is 11.7 Å². The summed E-state index contributed by atoms with van der Waals surface area (Å²) in [4.78, 5) is 29.1. The van der Waals surface area contributed by atoms with Crippen LogP contribution in [0.25, 0.3) is 17.1 Å². The molecular weight excluding hydrogens is 394 g/mol. The number of para-hydroxylation sites is 1. The number of aromatic hydroxyl groups is 1. The van der Waals surface area contributed by atoms with E-state index < -0.39 is 11.8 Å². The number of carbonyl (C=O) groups is 2. The van der Waals surface area contributed by atoms with Gasteiger partial charge in [-0.1, -0.05) is 60.7 Å². The van der Waals surface area contributed by atoms with E-state index in [0.29, 0.717) is 11.4 Å². The van der Waals surface area contributed by atoms with Crippen LogP contribution in [0.2, 0.25) is 0 Å². The largest absolute Gasteiger partial charge is 0.508 e. The molecule has 31 heavy (non-hydrogen) atoms. The molecule has 8 nitrogen and oxygen atoms in total. The first-order valence-electron chi connectivity index (χ1n) is 9.55. The van der Waals surface area contributed by atoms with Crippen molar-refractivity contribution in [3.8, 4) is 22.8 Å². The van der Waals surface area contributed by atoms with E-state index in [4.69, 9.17) is 0 Å². The fourth-order valence-corrected chi connectivity index (χ4v) is 2.96. The zero-order chi connectivity index (χ0) is 21.6. The van der Waals surface area contributed by atoms with Crippen LogP contribution in [-0.2, 0) is 11.2 Å². The highest BCUT2D eigenvalue weighted by atomic mass is 16.3. The second kappa shape index (κ2) is 8.91. The molecule has 0 bridgehead atoms. The quantitative estimate of drug-likeness (QED) is 0.436. The Labute approximate surface area is 178 Å². The molecule has 0 unspecified atom stereocenters. The first-order valence-corrected chi connectivity index (χ1v) is 9.55. The Morgan fingerprint density at radius 1 is 0.839 bits per heavy atom. The van der Waals surface area contributed by atoms with Crippen molar-refractivity contribution in [2.75, 3.05) is 0 Å². The van der Waals surface area contributed by atoms with Crippen molar-refractivity contribution in [3.05, 3.63) is 96.3 Å². The smallest absolute Gasteiger partial charge is 0.309 e. The van der Waals surface area contributed by atoms with Crippen molar-refractivity contribution in [2.24, 2.45) is 0 Å². The van der Waals surface area contributed by atoms with E-state index in [-0.39, 0.29) is 18.0 Å². The Morgan fingerprint density at radius 2 is 1.48 bits per heavy atom. The normalized spacial score (nSPS) is 10.5. The van der Waals surface area contributed by atoms with E-state index in [1.165, 1.54) is 12.1 Å². The number of benzene rings is 3. The molecular formula is C23H19N5O3. The number of amides is 2. The van der Waals surface area contributed by atoms with Gasteiger partial charge in [0.1, 0.15) is 5.75 Å². The fourth-order valence-electron chi connectivity index (χ4n) is 2.96. The standard InChI is InChI=1S/C23H19N5O3/c29-19-13-11-16(12-14-19)15-20(30)25-26-23(31)21-24-22(17-7-3-1-4-8-17)28(27-21)18-9-5-2-6-10-18/h1-14,29H,15H2,(H,25,30)(H,26,31). The molecule has 0 saturated heterocycles. The van der Waals surface area contributed by atoms with Crippen LogP contribution in [0.3, 0.4) is 0 Å². The minimum atomic E-state index is -0.633. The molecule has 0 atom stereocenters.